The van der Waals surface area contributed by atoms with E-state index in [1.54, 1.807) is 0 Å². The smallest absolute Gasteiger partial charge is 0.340 e. The minimum atomic E-state index is -4.46. The maximum Gasteiger partial charge on any atom is 0.340 e. The highest BCUT2D eigenvalue weighted by Crippen LogP contribution is 2.66. The fourth-order valence-corrected chi connectivity index (χ4v) is 4.64. The lowest BCUT2D eigenvalue weighted by Gasteiger charge is -2.38. The molecular formula is C21H24F4O4. The summed E-state index contributed by atoms with van der Waals surface area (Å²) in [5, 5.41) is 0. The third-order valence-electron chi connectivity index (χ3n) is 7.05. The third kappa shape index (κ3) is 3.62. The average Bonchev–Trinajstić information content (AvgIpc) is 2.99. The van der Waals surface area contributed by atoms with Crippen LogP contribution in [0.4, 0.5) is 17.6 Å². The number of hydrogen-bond donors (Lipinski definition) is 0. The molecule has 1 aromatic carbocycles. The first-order valence-corrected chi connectivity index (χ1v) is 9.53. The SMILES string of the molecule is CC1(C)[C@@H]2CC[C@@]1(C)[C@H](OC(=O)c1ccccc1C(=O)OCC(F)(F)C(F)F)C2. The first kappa shape index (κ1) is 21.6. The molecule has 0 aliphatic heterocycles. The maximum atomic E-state index is 13.0. The fourth-order valence-electron chi connectivity index (χ4n) is 4.64. The number of benzene rings is 1. The second-order valence-electron chi connectivity index (χ2n) is 8.69. The van der Waals surface area contributed by atoms with Gasteiger partial charge in [0.25, 0.3) is 0 Å². The molecule has 3 atom stereocenters. The summed E-state index contributed by atoms with van der Waals surface area (Å²) in [5.41, 5.74) is -0.614. The van der Waals surface area contributed by atoms with Gasteiger partial charge in [-0.2, -0.15) is 8.78 Å². The summed E-state index contributed by atoms with van der Waals surface area (Å²) in [5.74, 6) is -6.07. The van der Waals surface area contributed by atoms with E-state index in [1.807, 2.05) is 0 Å². The van der Waals surface area contributed by atoms with E-state index in [0.29, 0.717) is 5.92 Å². The van der Waals surface area contributed by atoms with Crippen molar-refractivity contribution in [2.24, 2.45) is 16.7 Å². The van der Waals surface area contributed by atoms with Crippen LogP contribution in [-0.4, -0.2) is 37.0 Å². The molecular weight excluding hydrogens is 392 g/mol. The lowest BCUT2D eigenvalue weighted by molar-refractivity contribution is -0.155. The summed E-state index contributed by atoms with van der Waals surface area (Å²) < 4.78 is 60.7. The summed E-state index contributed by atoms with van der Waals surface area (Å²) in [7, 11) is 0. The van der Waals surface area contributed by atoms with E-state index in [-0.39, 0.29) is 28.1 Å². The Balaban J connectivity index is 1.74. The van der Waals surface area contributed by atoms with Gasteiger partial charge in [-0.15, -0.1) is 0 Å². The van der Waals surface area contributed by atoms with Gasteiger partial charge < -0.3 is 9.47 Å². The van der Waals surface area contributed by atoms with E-state index in [9.17, 15) is 27.2 Å². The molecule has 0 aromatic heterocycles. The fraction of sp³-hybridized carbons (Fsp3) is 0.619. The molecule has 3 rings (SSSR count). The van der Waals surface area contributed by atoms with Crippen molar-refractivity contribution in [3.63, 3.8) is 0 Å². The molecule has 0 saturated heterocycles. The lowest BCUT2D eigenvalue weighted by atomic mass is 9.70. The second-order valence-corrected chi connectivity index (χ2v) is 8.69. The van der Waals surface area contributed by atoms with Crippen molar-refractivity contribution >= 4 is 11.9 Å². The zero-order valence-electron chi connectivity index (χ0n) is 16.5. The number of rotatable bonds is 6. The Morgan fingerprint density at radius 2 is 1.72 bits per heavy atom. The molecule has 2 fully saturated rings. The van der Waals surface area contributed by atoms with Crippen LogP contribution in [0.15, 0.2) is 24.3 Å². The molecule has 8 heteroatoms. The minimum absolute atomic E-state index is 0.0112. The first-order valence-electron chi connectivity index (χ1n) is 9.53. The van der Waals surface area contributed by atoms with Crippen LogP contribution in [0.3, 0.4) is 0 Å². The summed E-state index contributed by atoms with van der Waals surface area (Å²) in [6.45, 7) is 4.63. The van der Waals surface area contributed by atoms with Gasteiger partial charge in [0.15, 0.2) is 6.61 Å². The molecule has 160 valence electrons. The van der Waals surface area contributed by atoms with Gasteiger partial charge in [0.05, 0.1) is 11.1 Å². The molecule has 2 aliphatic rings. The molecule has 0 amide bonds. The minimum Gasteiger partial charge on any atom is -0.458 e. The second kappa shape index (κ2) is 7.29. The molecule has 4 nitrogen and oxygen atoms in total. The van der Waals surface area contributed by atoms with Crippen LogP contribution in [-0.2, 0) is 9.47 Å². The monoisotopic (exact) mass is 416 g/mol. The Labute approximate surface area is 166 Å². The standard InChI is InChI=1S/C21H24F4O4/c1-19(2)12-8-9-20(19,3)15(10-12)29-17(27)14-7-5-4-6-13(14)16(26)28-11-21(24,25)18(22)23/h4-7,12,15,18H,8-11H2,1-3H3/t12-,15-,20+/m1/s1. The molecule has 1 aromatic rings. The van der Waals surface area contributed by atoms with Crippen LogP contribution < -0.4 is 0 Å². The van der Waals surface area contributed by atoms with Gasteiger partial charge in [-0.3, -0.25) is 0 Å². The van der Waals surface area contributed by atoms with E-state index in [4.69, 9.17) is 4.74 Å². The van der Waals surface area contributed by atoms with Gasteiger partial charge in [0, 0.05) is 5.41 Å². The van der Waals surface area contributed by atoms with Crippen LogP contribution in [0.25, 0.3) is 0 Å². The largest absolute Gasteiger partial charge is 0.458 e. The van der Waals surface area contributed by atoms with Crippen molar-refractivity contribution in [2.45, 2.75) is 58.5 Å². The zero-order valence-corrected chi connectivity index (χ0v) is 16.5. The Hall–Kier alpha value is -2.12. The predicted molar refractivity (Wildman–Crippen MR) is 96.1 cm³/mol. The Bertz CT molecular complexity index is 808. The highest BCUT2D eigenvalue weighted by molar-refractivity contribution is 6.03. The van der Waals surface area contributed by atoms with Crippen molar-refractivity contribution in [1.82, 2.24) is 0 Å². The van der Waals surface area contributed by atoms with Crippen molar-refractivity contribution in [3.8, 4) is 0 Å². The van der Waals surface area contributed by atoms with Crippen molar-refractivity contribution in [3.05, 3.63) is 35.4 Å². The highest BCUT2D eigenvalue weighted by Gasteiger charge is 2.63. The van der Waals surface area contributed by atoms with E-state index in [0.717, 1.165) is 19.3 Å². The highest BCUT2D eigenvalue weighted by atomic mass is 19.3. The summed E-state index contributed by atoms with van der Waals surface area (Å²) in [6.07, 6.45) is -1.57. The van der Waals surface area contributed by atoms with Gasteiger partial charge in [-0.1, -0.05) is 32.9 Å². The number of hydrogen-bond acceptors (Lipinski definition) is 4. The van der Waals surface area contributed by atoms with E-state index < -0.39 is 30.9 Å². The third-order valence-corrected chi connectivity index (χ3v) is 7.05. The van der Waals surface area contributed by atoms with Gasteiger partial charge in [-0.25, -0.2) is 18.4 Å². The summed E-state index contributed by atoms with van der Waals surface area (Å²) in [6, 6.07) is 5.45. The Morgan fingerprint density at radius 3 is 2.21 bits per heavy atom. The van der Waals surface area contributed by atoms with Gasteiger partial charge in [0.2, 0.25) is 0 Å². The Kier molecular flexibility index (Phi) is 5.43. The molecule has 2 aliphatic carbocycles. The van der Waals surface area contributed by atoms with Crippen LogP contribution >= 0.6 is 0 Å². The number of esters is 2. The molecule has 0 radical (unpaired) electrons. The number of fused-ring (bicyclic) bond motifs is 2. The maximum absolute atomic E-state index is 13.0. The van der Waals surface area contributed by atoms with E-state index in [2.05, 4.69) is 25.5 Å². The van der Waals surface area contributed by atoms with Crippen LogP contribution in [0.2, 0.25) is 0 Å². The van der Waals surface area contributed by atoms with E-state index in [1.165, 1.54) is 24.3 Å². The molecule has 0 heterocycles. The molecule has 29 heavy (non-hydrogen) atoms. The number of ether oxygens (including phenoxy) is 2. The molecule has 2 saturated carbocycles. The molecule has 0 N–H and O–H groups in total. The summed E-state index contributed by atoms with van der Waals surface area (Å²) in [4.78, 5) is 24.9. The van der Waals surface area contributed by atoms with Gasteiger partial charge in [0.1, 0.15) is 6.10 Å². The van der Waals surface area contributed by atoms with Crippen molar-refractivity contribution in [1.29, 1.82) is 0 Å². The van der Waals surface area contributed by atoms with Crippen LogP contribution in [0.1, 0.15) is 60.7 Å². The summed E-state index contributed by atoms with van der Waals surface area (Å²) >= 11 is 0. The average molecular weight is 416 g/mol. The topological polar surface area (TPSA) is 52.6 Å². The number of alkyl halides is 4. The first-order chi connectivity index (χ1) is 13.4. The van der Waals surface area contributed by atoms with Gasteiger partial charge >= 0.3 is 24.3 Å². The normalized spacial score (nSPS) is 27.9. The van der Waals surface area contributed by atoms with Crippen LogP contribution in [0, 0.1) is 16.7 Å². The number of carbonyl (C=O) groups is 2. The number of halogens is 4. The van der Waals surface area contributed by atoms with E-state index >= 15 is 0 Å². The number of carbonyl (C=O) groups excluding carboxylic acids is 2. The predicted octanol–water partition coefficient (Wildman–Crippen LogP) is 5.12. The quantitative estimate of drug-likeness (QED) is 0.477. The molecule has 0 unspecified atom stereocenters. The Morgan fingerprint density at radius 1 is 1.14 bits per heavy atom. The lowest BCUT2D eigenvalue weighted by Crippen LogP contribution is -2.38. The zero-order chi connectivity index (χ0) is 21.6. The van der Waals surface area contributed by atoms with Crippen molar-refractivity contribution < 1.29 is 36.6 Å². The molecule has 2 bridgehead atoms. The molecule has 0 spiro atoms. The van der Waals surface area contributed by atoms with Gasteiger partial charge in [-0.05, 0) is 42.7 Å². The van der Waals surface area contributed by atoms with Crippen molar-refractivity contribution in [2.75, 3.05) is 6.61 Å². The van der Waals surface area contributed by atoms with Crippen LogP contribution in [0.5, 0.6) is 0 Å².